The Morgan fingerprint density at radius 2 is 1.81 bits per heavy atom. The lowest BCUT2D eigenvalue weighted by atomic mass is 9.99. The number of halogens is 1. The first-order chi connectivity index (χ1) is 7.72. The molecule has 0 heterocycles. The second kappa shape index (κ2) is 4.14. The van der Waals surface area contributed by atoms with Gasteiger partial charge in [-0.25, -0.2) is 4.39 Å². The fourth-order valence-corrected chi connectivity index (χ4v) is 1.62. The third-order valence-corrected chi connectivity index (χ3v) is 2.39. The van der Waals surface area contributed by atoms with E-state index < -0.39 is 0 Å². The van der Waals surface area contributed by atoms with Crippen molar-refractivity contribution in [1.29, 1.82) is 0 Å². The van der Waals surface area contributed by atoms with Crippen LogP contribution in [0.4, 0.5) is 10.1 Å². The van der Waals surface area contributed by atoms with Crippen molar-refractivity contribution < 1.29 is 9.18 Å². The van der Waals surface area contributed by atoms with Gasteiger partial charge in [-0.3, -0.25) is 4.79 Å². The van der Waals surface area contributed by atoms with Crippen LogP contribution in [0.1, 0.15) is 10.4 Å². The van der Waals surface area contributed by atoms with Crippen LogP contribution in [-0.2, 0) is 0 Å². The zero-order valence-electron chi connectivity index (χ0n) is 8.48. The summed E-state index contributed by atoms with van der Waals surface area (Å²) in [4.78, 5) is 10.9. The number of benzene rings is 2. The van der Waals surface area contributed by atoms with E-state index in [0.29, 0.717) is 16.8 Å². The molecule has 0 bridgehead atoms. The maximum absolute atomic E-state index is 12.9. The number of anilines is 1. The molecular weight excluding hydrogens is 205 g/mol. The van der Waals surface area contributed by atoms with Gasteiger partial charge in [0.2, 0.25) is 0 Å². The van der Waals surface area contributed by atoms with Crippen LogP contribution < -0.4 is 5.73 Å². The van der Waals surface area contributed by atoms with Gasteiger partial charge in [-0.2, -0.15) is 0 Å². The van der Waals surface area contributed by atoms with Crippen LogP contribution in [-0.4, -0.2) is 6.29 Å². The molecular formula is C13H10FNO. The smallest absolute Gasteiger partial charge is 0.150 e. The lowest BCUT2D eigenvalue weighted by Gasteiger charge is -2.07. The molecule has 0 aromatic heterocycles. The fraction of sp³-hybridized carbons (Fsp3) is 0. The highest BCUT2D eigenvalue weighted by Crippen LogP contribution is 2.28. The molecule has 2 aromatic rings. The summed E-state index contributed by atoms with van der Waals surface area (Å²) in [6.07, 6.45) is 0.762. The van der Waals surface area contributed by atoms with Crippen molar-refractivity contribution >= 4 is 12.0 Å². The van der Waals surface area contributed by atoms with E-state index in [1.807, 2.05) is 6.07 Å². The van der Waals surface area contributed by atoms with Crippen molar-refractivity contribution in [3.05, 3.63) is 53.8 Å². The summed E-state index contributed by atoms with van der Waals surface area (Å²) in [7, 11) is 0. The number of rotatable bonds is 2. The molecule has 2 nitrogen and oxygen atoms in total. The summed E-state index contributed by atoms with van der Waals surface area (Å²) in [5, 5.41) is 0. The Morgan fingerprint density at radius 1 is 1.06 bits per heavy atom. The summed E-state index contributed by atoms with van der Waals surface area (Å²) < 4.78 is 12.9. The molecule has 0 aliphatic carbocycles. The van der Waals surface area contributed by atoms with E-state index in [4.69, 9.17) is 5.73 Å². The van der Waals surface area contributed by atoms with Gasteiger partial charge in [0, 0.05) is 16.8 Å². The molecule has 2 aromatic carbocycles. The maximum atomic E-state index is 12.9. The Kier molecular flexibility index (Phi) is 2.68. The van der Waals surface area contributed by atoms with Crippen molar-refractivity contribution in [3.8, 4) is 11.1 Å². The molecule has 3 heteroatoms. The highest BCUT2D eigenvalue weighted by atomic mass is 19.1. The first-order valence-corrected chi connectivity index (χ1v) is 4.82. The lowest BCUT2D eigenvalue weighted by molar-refractivity contribution is 0.112. The number of nitrogens with two attached hydrogens (primary N) is 1. The molecule has 2 N–H and O–H groups in total. The molecule has 0 saturated carbocycles. The Bertz CT molecular complexity index is 537. The predicted octanol–water partition coefficient (Wildman–Crippen LogP) is 2.89. The minimum Gasteiger partial charge on any atom is -0.398 e. The van der Waals surface area contributed by atoms with Crippen molar-refractivity contribution in [1.82, 2.24) is 0 Å². The summed E-state index contributed by atoms with van der Waals surface area (Å²) in [6, 6.07) is 11.2. The average Bonchev–Trinajstić information content (AvgIpc) is 2.29. The monoisotopic (exact) mass is 215 g/mol. The third kappa shape index (κ3) is 1.80. The van der Waals surface area contributed by atoms with Crippen LogP contribution in [0, 0.1) is 5.82 Å². The lowest BCUT2D eigenvalue weighted by Crippen LogP contribution is -1.94. The third-order valence-electron chi connectivity index (χ3n) is 2.39. The standard InChI is InChI=1S/C13H10FNO/c14-10-5-6-12(13(15)7-10)11-4-2-1-3-9(11)8-16/h1-8H,15H2. The normalized spacial score (nSPS) is 10.1. The van der Waals surface area contributed by atoms with E-state index in [1.165, 1.54) is 12.1 Å². The second-order valence-corrected chi connectivity index (χ2v) is 3.44. The van der Waals surface area contributed by atoms with Crippen molar-refractivity contribution in [2.45, 2.75) is 0 Å². The minimum atomic E-state index is -0.384. The molecule has 0 spiro atoms. The van der Waals surface area contributed by atoms with Crippen LogP contribution in [0.5, 0.6) is 0 Å². The van der Waals surface area contributed by atoms with Gasteiger partial charge in [0.05, 0.1) is 0 Å². The van der Waals surface area contributed by atoms with Gasteiger partial charge in [-0.1, -0.05) is 24.3 Å². The topological polar surface area (TPSA) is 43.1 Å². The summed E-state index contributed by atoms with van der Waals surface area (Å²) >= 11 is 0. The highest BCUT2D eigenvalue weighted by molar-refractivity contribution is 5.90. The zero-order valence-corrected chi connectivity index (χ0v) is 8.48. The minimum absolute atomic E-state index is 0.328. The zero-order chi connectivity index (χ0) is 11.5. The Morgan fingerprint density at radius 3 is 2.50 bits per heavy atom. The molecule has 80 valence electrons. The largest absolute Gasteiger partial charge is 0.398 e. The average molecular weight is 215 g/mol. The van der Waals surface area contributed by atoms with Gasteiger partial charge < -0.3 is 5.73 Å². The molecule has 0 radical (unpaired) electrons. The molecule has 16 heavy (non-hydrogen) atoms. The van der Waals surface area contributed by atoms with E-state index in [0.717, 1.165) is 11.8 Å². The number of aldehydes is 1. The van der Waals surface area contributed by atoms with Gasteiger partial charge in [-0.05, 0) is 23.8 Å². The van der Waals surface area contributed by atoms with Gasteiger partial charge in [0.1, 0.15) is 5.82 Å². The first-order valence-electron chi connectivity index (χ1n) is 4.82. The van der Waals surface area contributed by atoms with E-state index in [9.17, 15) is 9.18 Å². The van der Waals surface area contributed by atoms with Crippen LogP contribution in [0.2, 0.25) is 0 Å². The van der Waals surface area contributed by atoms with E-state index >= 15 is 0 Å². The Balaban J connectivity index is 2.62. The van der Waals surface area contributed by atoms with Gasteiger partial charge in [-0.15, -0.1) is 0 Å². The number of hydrogen-bond donors (Lipinski definition) is 1. The van der Waals surface area contributed by atoms with Crippen LogP contribution in [0.25, 0.3) is 11.1 Å². The van der Waals surface area contributed by atoms with Crippen LogP contribution in [0.3, 0.4) is 0 Å². The fourth-order valence-electron chi connectivity index (χ4n) is 1.62. The molecule has 0 aliphatic rings. The molecule has 0 amide bonds. The van der Waals surface area contributed by atoms with Crippen LogP contribution in [0.15, 0.2) is 42.5 Å². The van der Waals surface area contributed by atoms with Gasteiger partial charge in [0.25, 0.3) is 0 Å². The van der Waals surface area contributed by atoms with Crippen molar-refractivity contribution in [2.24, 2.45) is 0 Å². The van der Waals surface area contributed by atoms with Crippen molar-refractivity contribution in [3.63, 3.8) is 0 Å². The number of carbonyl (C=O) groups excluding carboxylic acids is 1. The van der Waals surface area contributed by atoms with Crippen molar-refractivity contribution in [2.75, 3.05) is 5.73 Å². The molecule has 2 rings (SSSR count). The van der Waals surface area contributed by atoms with E-state index in [1.54, 1.807) is 24.3 Å². The number of nitrogen functional groups attached to an aromatic ring is 1. The summed E-state index contributed by atoms with van der Waals surface area (Å²) in [5.74, 6) is -0.384. The Hall–Kier alpha value is -2.16. The SMILES string of the molecule is Nc1cc(F)ccc1-c1ccccc1C=O. The summed E-state index contributed by atoms with van der Waals surface area (Å²) in [6.45, 7) is 0. The van der Waals surface area contributed by atoms with Gasteiger partial charge >= 0.3 is 0 Å². The molecule has 0 fully saturated rings. The number of hydrogen-bond acceptors (Lipinski definition) is 2. The summed E-state index contributed by atoms with van der Waals surface area (Å²) in [5.41, 5.74) is 7.98. The van der Waals surface area contributed by atoms with E-state index in [-0.39, 0.29) is 5.82 Å². The molecule has 0 aliphatic heterocycles. The first kappa shape index (κ1) is 10.4. The quantitative estimate of drug-likeness (QED) is 0.618. The Labute approximate surface area is 92.5 Å². The number of carbonyl (C=O) groups is 1. The second-order valence-electron chi connectivity index (χ2n) is 3.44. The molecule has 0 atom stereocenters. The van der Waals surface area contributed by atoms with E-state index in [2.05, 4.69) is 0 Å². The molecule has 0 unspecified atom stereocenters. The van der Waals surface area contributed by atoms with Gasteiger partial charge in [0.15, 0.2) is 6.29 Å². The maximum Gasteiger partial charge on any atom is 0.150 e. The highest BCUT2D eigenvalue weighted by Gasteiger charge is 2.07. The predicted molar refractivity (Wildman–Crippen MR) is 61.6 cm³/mol. The molecule has 0 saturated heterocycles. The van der Waals surface area contributed by atoms with Crippen LogP contribution >= 0.6 is 0 Å².